The molecule has 0 heterocycles. The monoisotopic (exact) mass is 286 g/mol. The molecule has 0 bridgehead atoms. The SMILES string of the molecule is COc1cccc(CCNC(=O)CCC(C)N)c1.Cl. The lowest BCUT2D eigenvalue weighted by Crippen LogP contribution is -2.27. The van der Waals surface area contributed by atoms with E-state index in [9.17, 15) is 4.79 Å². The van der Waals surface area contributed by atoms with Crippen molar-refractivity contribution < 1.29 is 9.53 Å². The molecule has 1 unspecified atom stereocenters. The number of rotatable bonds is 7. The van der Waals surface area contributed by atoms with Crippen LogP contribution < -0.4 is 15.8 Å². The van der Waals surface area contributed by atoms with Crippen LogP contribution in [0.25, 0.3) is 0 Å². The highest BCUT2D eigenvalue weighted by Gasteiger charge is 2.03. The van der Waals surface area contributed by atoms with Crippen molar-refractivity contribution in [2.75, 3.05) is 13.7 Å². The average Bonchev–Trinajstić information content (AvgIpc) is 2.36. The number of amides is 1. The first-order valence-electron chi connectivity index (χ1n) is 6.27. The maximum absolute atomic E-state index is 11.5. The zero-order chi connectivity index (χ0) is 13.4. The highest BCUT2D eigenvalue weighted by molar-refractivity contribution is 5.85. The van der Waals surface area contributed by atoms with Crippen molar-refractivity contribution in [2.45, 2.75) is 32.2 Å². The van der Waals surface area contributed by atoms with E-state index in [1.165, 1.54) is 0 Å². The summed E-state index contributed by atoms with van der Waals surface area (Å²) in [5.41, 5.74) is 6.75. The second-order valence-electron chi connectivity index (χ2n) is 4.47. The van der Waals surface area contributed by atoms with Gasteiger partial charge in [0.05, 0.1) is 7.11 Å². The fourth-order valence-electron chi connectivity index (χ4n) is 1.62. The fourth-order valence-corrected chi connectivity index (χ4v) is 1.62. The van der Waals surface area contributed by atoms with Crippen LogP contribution >= 0.6 is 12.4 Å². The lowest BCUT2D eigenvalue weighted by Gasteiger charge is -2.07. The first kappa shape index (κ1) is 17.7. The number of nitrogens with one attached hydrogen (secondary N) is 1. The predicted molar refractivity (Wildman–Crippen MR) is 79.8 cm³/mol. The summed E-state index contributed by atoms with van der Waals surface area (Å²) in [5, 5.41) is 2.89. The van der Waals surface area contributed by atoms with Crippen LogP contribution in [0.1, 0.15) is 25.3 Å². The molecule has 0 saturated carbocycles. The molecule has 0 radical (unpaired) electrons. The third-order valence-electron chi connectivity index (χ3n) is 2.70. The van der Waals surface area contributed by atoms with Gasteiger partial charge in [0.2, 0.25) is 5.91 Å². The van der Waals surface area contributed by atoms with Gasteiger partial charge in [-0.15, -0.1) is 12.4 Å². The van der Waals surface area contributed by atoms with E-state index >= 15 is 0 Å². The number of hydrogen-bond donors (Lipinski definition) is 2. The summed E-state index contributed by atoms with van der Waals surface area (Å²) in [5.74, 6) is 0.908. The lowest BCUT2D eigenvalue weighted by atomic mass is 10.1. The number of carbonyl (C=O) groups is 1. The number of methoxy groups -OCH3 is 1. The summed E-state index contributed by atoms with van der Waals surface area (Å²) in [7, 11) is 1.65. The Balaban J connectivity index is 0.00000324. The minimum Gasteiger partial charge on any atom is -0.497 e. The van der Waals surface area contributed by atoms with Crippen molar-refractivity contribution in [3.8, 4) is 5.75 Å². The highest BCUT2D eigenvalue weighted by atomic mass is 35.5. The van der Waals surface area contributed by atoms with E-state index in [1.807, 2.05) is 31.2 Å². The second kappa shape index (κ2) is 9.64. The smallest absolute Gasteiger partial charge is 0.220 e. The standard InChI is InChI=1S/C14H22N2O2.ClH/c1-11(15)6-7-14(17)16-9-8-12-4-3-5-13(10-12)18-2;/h3-5,10-11H,6-9,15H2,1-2H3,(H,16,17);1H. The Morgan fingerprint density at radius 2 is 2.21 bits per heavy atom. The Kier molecular flexibility index (Phi) is 9.00. The Hall–Kier alpha value is -1.26. The molecule has 1 aromatic carbocycles. The quantitative estimate of drug-likeness (QED) is 0.805. The molecule has 0 spiro atoms. The van der Waals surface area contributed by atoms with Crippen LogP contribution in [0.15, 0.2) is 24.3 Å². The van der Waals surface area contributed by atoms with Crippen LogP contribution in [0.2, 0.25) is 0 Å². The van der Waals surface area contributed by atoms with E-state index in [0.29, 0.717) is 13.0 Å². The van der Waals surface area contributed by atoms with Gasteiger partial charge in [0.15, 0.2) is 0 Å². The predicted octanol–water partition coefficient (Wildman–Crippen LogP) is 1.90. The molecule has 1 rings (SSSR count). The maximum Gasteiger partial charge on any atom is 0.220 e. The largest absolute Gasteiger partial charge is 0.497 e. The zero-order valence-electron chi connectivity index (χ0n) is 11.5. The van der Waals surface area contributed by atoms with Crippen LogP contribution in [-0.4, -0.2) is 25.6 Å². The van der Waals surface area contributed by atoms with Crippen LogP contribution in [0.5, 0.6) is 5.75 Å². The Labute approximate surface area is 121 Å². The number of nitrogens with two attached hydrogens (primary N) is 1. The van der Waals surface area contributed by atoms with Gasteiger partial charge in [0.25, 0.3) is 0 Å². The second-order valence-corrected chi connectivity index (χ2v) is 4.47. The van der Waals surface area contributed by atoms with Gasteiger partial charge in [-0.3, -0.25) is 4.79 Å². The van der Waals surface area contributed by atoms with Crippen LogP contribution in [0.3, 0.4) is 0 Å². The lowest BCUT2D eigenvalue weighted by molar-refractivity contribution is -0.121. The van der Waals surface area contributed by atoms with Crippen molar-refractivity contribution in [3.05, 3.63) is 29.8 Å². The first-order valence-corrected chi connectivity index (χ1v) is 6.27. The number of ether oxygens (including phenoxy) is 1. The summed E-state index contributed by atoms with van der Waals surface area (Å²) in [4.78, 5) is 11.5. The number of halogens is 1. The highest BCUT2D eigenvalue weighted by Crippen LogP contribution is 2.12. The molecule has 1 amide bonds. The normalized spacial score (nSPS) is 11.3. The van der Waals surface area contributed by atoms with Crippen LogP contribution in [0.4, 0.5) is 0 Å². The molecule has 5 heteroatoms. The molecule has 3 N–H and O–H groups in total. The van der Waals surface area contributed by atoms with Crippen LogP contribution in [-0.2, 0) is 11.2 Å². The van der Waals surface area contributed by atoms with Gasteiger partial charge in [-0.05, 0) is 37.5 Å². The van der Waals surface area contributed by atoms with Crippen molar-refractivity contribution in [3.63, 3.8) is 0 Å². The molecule has 19 heavy (non-hydrogen) atoms. The molecule has 0 aliphatic carbocycles. The topological polar surface area (TPSA) is 64.3 Å². The third-order valence-corrected chi connectivity index (χ3v) is 2.70. The molecular formula is C14H23ClN2O2. The van der Waals surface area contributed by atoms with E-state index in [1.54, 1.807) is 7.11 Å². The van der Waals surface area contributed by atoms with Gasteiger partial charge in [0, 0.05) is 19.0 Å². The molecule has 108 valence electrons. The van der Waals surface area contributed by atoms with Gasteiger partial charge in [0.1, 0.15) is 5.75 Å². The molecular weight excluding hydrogens is 264 g/mol. The minimum absolute atomic E-state index is 0. The van der Waals surface area contributed by atoms with Crippen molar-refractivity contribution >= 4 is 18.3 Å². The van der Waals surface area contributed by atoms with Crippen molar-refractivity contribution in [1.82, 2.24) is 5.32 Å². The van der Waals surface area contributed by atoms with Gasteiger partial charge >= 0.3 is 0 Å². The van der Waals surface area contributed by atoms with Gasteiger partial charge < -0.3 is 15.8 Å². The molecule has 0 saturated heterocycles. The summed E-state index contributed by atoms with van der Waals surface area (Å²) >= 11 is 0. The molecule has 1 atom stereocenters. The average molecular weight is 287 g/mol. The number of hydrogen-bond acceptors (Lipinski definition) is 3. The summed E-state index contributed by atoms with van der Waals surface area (Å²) < 4.78 is 5.15. The zero-order valence-corrected chi connectivity index (χ0v) is 12.3. The Morgan fingerprint density at radius 3 is 2.84 bits per heavy atom. The van der Waals surface area contributed by atoms with Crippen molar-refractivity contribution in [1.29, 1.82) is 0 Å². The van der Waals surface area contributed by atoms with E-state index in [-0.39, 0.29) is 24.4 Å². The van der Waals surface area contributed by atoms with Gasteiger partial charge in [-0.25, -0.2) is 0 Å². The molecule has 0 fully saturated rings. The maximum atomic E-state index is 11.5. The molecule has 1 aromatic rings. The van der Waals surface area contributed by atoms with Crippen molar-refractivity contribution in [2.24, 2.45) is 5.73 Å². The first-order chi connectivity index (χ1) is 8.61. The number of carbonyl (C=O) groups excluding carboxylic acids is 1. The Bertz CT molecular complexity index is 383. The summed E-state index contributed by atoms with van der Waals surface area (Å²) in [6.07, 6.45) is 2.03. The van der Waals surface area contributed by atoms with Crippen LogP contribution in [0, 0.1) is 0 Å². The Morgan fingerprint density at radius 1 is 1.47 bits per heavy atom. The summed E-state index contributed by atoms with van der Waals surface area (Å²) in [6.45, 7) is 2.55. The fraction of sp³-hybridized carbons (Fsp3) is 0.500. The van der Waals surface area contributed by atoms with Gasteiger partial charge in [-0.2, -0.15) is 0 Å². The molecule has 0 aliphatic heterocycles. The molecule has 0 aromatic heterocycles. The van der Waals surface area contributed by atoms with E-state index in [0.717, 1.165) is 24.2 Å². The molecule has 0 aliphatic rings. The summed E-state index contributed by atoms with van der Waals surface area (Å²) in [6, 6.07) is 7.94. The number of benzene rings is 1. The van der Waals surface area contributed by atoms with E-state index in [2.05, 4.69) is 5.32 Å². The van der Waals surface area contributed by atoms with Gasteiger partial charge in [-0.1, -0.05) is 12.1 Å². The van der Waals surface area contributed by atoms with E-state index < -0.39 is 0 Å². The van der Waals surface area contributed by atoms with E-state index in [4.69, 9.17) is 10.5 Å². The third kappa shape index (κ3) is 7.70. The molecule has 4 nitrogen and oxygen atoms in total. The minimum atomic E-state index is 0.